The molecule has 1 aliphatic heterocycles. The van der Waals surface area contributed by atoms with E-state index in [1.165, 1.54) is 11.8 Å². The molecule has 0 atom stereocenters. The fourth-order valence-electron chi connectivity index (χ4n) is 3.76. The molecule has 0 saturated heterocycles. The summed E-state index contributed by atoms with van der Waals surface area (Å²) in [7, 11) is 3.20. The van der Waals surface area contributed by atoms with Gasteiger partial charge in [0.2, 0.25) is 5.91 Å². The van der Waals surface area contributed by atoms with Crippen molar-refractivity contribution < 1.29 is 19.1 Å². The van der Waals surface area contributed by atoms with Crippen LogP contribution in [-0.2, 0) is 9.59 Å². The zero-order valence-corrected chi connectivity index (χ0v) is 21.4. The van der Waals surface area contributed by atoms with Crippen LogP contribution in [0.25, 0.3) is 6.08 Å². The zero-order chi connectivity index (χ0) is 25.7. The summed E-state index contributed by atoms with van der Waals surface area (Å²) in [6.45, 7) is 3.97. The maximum atomic E-state index is 13.5. The fourth-order valence-corrected chi connectivity index (χ4v) is 4.57. The molecule has 184 valence electrons. The summed E-state index contributed by atoms with van der Waals surface area (Å²) in [5.74, 6) is 1.09. The third-order valence-electron chi connectivity index (χ3n) is 5.42. The molecular formula is C28H27N3O4S. The van der Waals surface area contributed by atoms with E-state index in [2.05, 4.69) is 10.3 Å². The second-order valence-corrected chi connectivity index (χ2v) is 9.19. The highest BCUT2D eigenvalue weighted by molar-refractivity contribution is 8.14. The van der Waals surface area contributed by atoms with E-state index in [9.17, 15) is 9.59 Å². The summed E-state index contributed by atoms with van der Waals surface area (Å²) in [4.78, 5) is 32.3. The van der Waals surface area contributed by atoms with E-state index in [0.717, 1.165) is 28.1 Å². The van der Waals surface area contributed by atoms with Gasteiger partial charge in [0.05, 0.1) is 25.7 Å². The van der Waals surface area contributed by atoms with E-state index in [-0.39, 0.29) is 17.6 Å². The molecule has 1 aliphatic rings. The van der Waals surface area contributed by atoms with Crippen molar-refractivity contribution in [3.8, 4) is 11.5 Å². The van der Waals surface area contributed by atoms with E-state index in [1.54, 1.807) is 49.5 Å². The zero-order valence-electron chi connectivity index (χ0n) is 20.6. The van der Waals surface area contributed by atoms with Gasteiger partial charge in [-0.3, -0.25) is 14.5 Å². The number of nitrogens with one attached hydrogen (secondary N) is 1. The summed E-state index contributed by atoms with van der Waals surface area (Å²) in [5, 5.41) is 3.32. The molecule has 2 amide bonds. The number of ether oxygens (including phenoxy) is 2. The number of aryl methyl sites for hydroxylation is 2. The maximum Gasteiger partial charge on any atom is 0.283 e. The summed E-state index contributed by atoms with van der Waals surface area (Å²) < 4.78 is 10.4. The molecule has 36 heavy (non-hydrogen) atoms. The van der Waals surface area contributed by atoms with Crippen molar-refractivity contribution in [2.45, 2.75) is 13.8 Å². The van der Waals surface area contributed by atoms with Gasteiger partial charge in [0.1, 0.15) is 17.2 Å². The number of rotatable bonds is 7. The number of methoxy groups -OCH3 is 2. The van der Waals surface area contributed by atoms with Crippen LogP contribution in [0, 0.1) is 13.8 Å². The van der Waals surface area contributed by atoms with Crippen molar-refractivity contribution in [2.75, 3.05) is 30.2 Å². The number of benzene rings is 3. The minimum absolute atomic E-state index is 0.0925. The highest BCUT2D eigenvalue weighted by atomic mass is 32.2. The van der Waals surface area contributed by atoms with Crippen molar-refractivity contribution in [3.05, 3.63) is 89.1 Å². The van der Waals surface area contributed by atoms with Crippen LogP contribution < -0.4 is 19.7 Å². The van der Waals surface area contributed by atoms with Gasteiger partial charge in [-0.05, 0) is 85.1 Å². The van der Waals surface area contributed by atoms with Crippen LogP contribution in [-0.4, -0.2) is 37.0 Å². The first-order valence-corrected chi connectivity index (χ1v) is 12.3. The molecule has 8 heteroatoms. The molecule has 0 unspecified atom stereocenters. The van der Waals surface area contributed by atoms with Gasteiger partial charge in [-0.15, -0.1) is 0 Å². The molecule has 3 aromatic rings. The van der Waals surface area contributed by atoms with Gasteiger partial charge < -0.3 is 14.8 Å². The fraction of sp³-hybridized carbons (Fsp3) is 0.179. The summed E-state index contributed by atoms with van der Waals surface area (Å²) in [6.07, 6.45) is 1.74. The molecule has 0 aromatic heterocycles. The van der Waals surface area contributed by atoms with Gasteiger partial charge in [-0.25, -0.2) is 4.99 Å². The molecule has 1 N–H and O–H groups in total. The van der Waals surface area contributed by atoms with Crippen LogP contribution in [0.15, 0.2) is 77.4 Å². The van der Waals surface area contributed by atoms with Crippen molar-refractivity contribution in [3.63, 3.8) is 0 Å². The van der Waals surface area contributed by atoms with Crippen molar-refractivity contribution in [1.82, 2.24) is 0 Å². The molecule has 4 rings (SSSR count). The molecular weight excluding hydrogens is 474 g/mol. The Morgan fingerprint density at radius 3 is 2.11 bits per heavy atom. The first-order valence-electron chi connectivity index (χ1n) is 11.3. The van der Waals surface area contributed by atoms with Crippen LogP contribution >= 0.6 is 11.8 Å². The van der Waals surface area contributed by atoms with Gasteiger partial charge in [0.25, 0.3) is 5.91 Å². The topological polar surface area (TPSA) is 80.2 Å². The highest BCUT2D eigenvalue weighted by Gasteiger charge is 2.32. The Balaban J connectivity index is 1.57. The Bertz CT molecular complexity index is 1310. The van der Waals surface area contributed by atoms with Crippen molar-refractivity contribution >= 4 is 46.2 Å². The Morgan fingerprint density at radius 1 is 0.944 bits per heavy atom. The number of hydrogen-bond donors (Lipinski definition) is 1. The highest BCUT2D eigenvalue weighted by Crippen LogP contribution is 2.31. The Hall–Kier alpha value is -4.04. The van der Waals surface area contributed by atoms with E-state index in [4.69, 9.17) is 9.47 Å². The van der Waals surface area contributed by atoms with Crippen LogP contribution in [0.2, 0.25) is 0 Å². The van der Waals surface area contributed by atoms with Crippen LogP contribution in [0.4, 0.5) is 11.4 Å². The first kappa shape index (κ1) is 25.1. The van der Waals surface area contributed by atoms with Gasteiger partial charge in [-0.1, -0.05) is 30.0 Å². The number of anilines is 2. The standard InChI is InChI=1S/C28H27N3O4S/c1-18-13-19(2)15-22(14-18)31-27(33)25(16-20-5-9-23(34-3)10-6-20)30-28(31)36-17-26(32)29-21-7-11-24(35-4)12-8-21/h5-16H,17H2,1-4H3,(H,29,32)/b25-16+. The Labute approximate surface area is 214 Å². The molecule has 7 nitrogen and oxygen atoms in total. The van der Waals surface area contributed by atoms with Gasteiger partial charge in [0.15, 0.2) is 5.17 Å². The predicted octanol–water partition coefficient (Wildman–Crippen LogP) is 5.44. The minimum Gasteiger partial charge on any atom is -0.497 e. The maximum absolute atomic E-state index is 13.5. The summed E-state index contributed by atoms with van der Waals surface area (Å²) in [6, 6.07) is 20.4. The number of thioether (sulfide) groups is 1. The SMILES string of the molecule is COc1ccc(/C=C2/N=C(SCC(=O)Nc3ccc(OC)cc3)N(c3cc(C)cc(C)c3)C2=O)cc1. The molecule has 0 fully saturated rings. The molecule has 0 spiro atoms. The van der Waals surface area contributed by atoms with Crippen LogP contribution in [0.1, 0.15) is 16.7 Å². The number of hydrogen-bond acceptors (Lipinski definition) is 6. The third-order valence-corrected chi connectivity index (χ3v) is 6.36. The average Bonchev–Trinajstić information content (AvgIpc) is 3.17. The lowest BCUT2D eigenvalue weighted by atomic mass is 10.1. The quantitative estimate of drug-likeness (QED) is 0.436. The lowest BCUT2D eigenvalue weighted by Crippen LogP contribution is -2.31. The van der Waals surface area contributed by atoms with Gasteiger partial charge >= 0.3 is 0 Å². The smallest absolute Gasteiger partial charge is 0.283 e. The van der Waals surface area contributed by atoms with E-state index < -0.39 is 0 Å². The molecule has 0 bridgehead atoms. The molecule has 1 heterocycles. The minimum atomic E-state index is -0.242. The average molecular weight is 502 g/mol. The summed E-state index contributed by atoms with van der Waals surface area (Å²) in [5.41, 5.74) is 4.58. The molecule has 0 radical (unpaired) electrons. The lowest BCUT2D eigenvalue weighted by Gasteiger charge is -2.19. The Kier molecular flexibility index (Phi) is 7.75. The van der Waals surface area contributed by atoms with E-state index in [0.29, 0.717) is 22.3 Å². The predicted molar refractivity (Wildman–Crippen MR) is 146 cm³/mol. The number of amides is 2. The molecule has 0 aliphatic carbocycles. The number of amidine groups is 1. The van der Waals surface area contributed by atoms with Crippen molar-refractivity contribution in [1.29, 1.82) is 0 Å². The molecule has 0 saturated carbocycles. The third kappa shape index (κ3) is 5.95. The van der Waals surface area contributed by atoms with Gasteiger partial charge in [0, 0.05) is 5.69 Å². The molecule has 3 aromatic carbocycles. The number of carbonyl (C=O) groups is 2. The second kappa shape index (κ2) is 11.1. The monoisotopic (exact) mass is 501 g/mol. The lowest BCUT2D eigenvalue weighted by molar-refractivity contribution is -0.114. The van der Waals surface area contributed by atoms with Crippen molar-refractivity contribution in [2.24, 2.45) is 4.99 Å². The first-order chi connectivity index (χ1) is 17.4. The largest absolute Gasteiger partial charge is 0.497 e. The number of nitrogens with zero attached hydrogens (tertiary/aromatic N) is 2. The normalized spacial score (nSPS) is 14.1. The number of aliphatic imine (C=N–C) groups is 1. The van der Waals surface area contributed by atoms with Gasteiger partial charge in [-0.2, -0.15) is 0 Å². The Morgan fingerprint density at radius 2 is 1.53 bits per heavy atom. The van der Waals surface area contributed by atoms with Crippen LogP contribution in [0.5, 0.6) is 11.5 Å². The number of carbonyl (C=O) groups excluding carboxylic acids is 2. The second-order valence-electron chi connectivity index (χ2n) is 8.25. The van der Waals surface area contributed by atoms with E-state index >= 15 is 0 Å². The van der Waals surface area contributed by atoms with E-state index in [1.807, 2.05) is 56.3 Å². The summed E-state index contributed by atoms with van der Waals surface area (Å²) >= 11 is 1.22. The van der Waals surface area contributed by atoms with Crippen LogP contribution in [0.3, 0.4) is 0 Å².